The Balaban J connectivity index is 1.67. The van der Waals surface area contributed by atoms with Gasteiger partial charge in [-0.05, 0) is 24.3 Å². The van der Waals surface area contributed by atoms with Crippen molar-refractivity contribution in [1.29, 1.82) is 0 Å². The van der Waals surface area contributed by atoms with Crippen LogP contribution in [0.1, 0.15) is 0 Å². The lowest BCUT2D eigenvalue weighted by atomic mass is 10.2. The second-order valence-electron chi connectivity index (χ2n) is 5.27. The number of hydrogen-bond acceptors (Lipinski definition) is 5. The fourth-order valence-electron chi connectivity index (χ4n) is 2.56. The second-order valence-corrected chi connectivity index (χ2v) is 5.27. The summed E-state index contributed by atoms with van der Waals surface area (Å²) in [4.78, 5) is 4.95. The first-order valence-corrected chi connectivity index (χ1v) is 7.64. The molecule has 0 radical (unpaired) electrons. The molecule has 0 bridgehead atoms. The minimum absolute atomic E-state index is 0.783. The zero-order valence-corrected chi connectivity index (χ0v) is 13.2. The van der Waals surface area contributed by atoms with E-state index >= 15 is 0 Å². The fraction of sp³-hybridized carbons (Fsp3) is 0.625. The standard InChI is InChI=1S/C16H27N3O2/c1-20-14-8-17-7-9-18-10-12-19(13-11-18)15-3-5-16(21-2)6-4-15/h3-6,17H,7-14H2,1-2H3. The number of rotatable bonds is 8. The molecule has 21 heavy (non-hydrogen) atoms. The van der Waals surface area contributed by atoms with Gasteiger partial charge in [-0.1, -0.05) is 0 Å². The maximum Gasteiger partial charge on any atom is 0.119 e. The van der Waals surface area contributed by atoms with Crippen LogP contribution in [0.15, 0.2) is 24.3 Å². The van der Waals surface area contributed by atoms with Crippen LogP contribution in [0.5, 0.6) is 5.75 Å². The van der Waals surface area contributed by atoms with Crippen molar-refractivity contribution in [3.8, 4) is 5.75 Å². The van der Waals surface area contributed by atoms with Crippen LogP contribution in [0.25, 0.3) is 0 Å². The van der Waals surface area contributed by atoms with Crippen molar-refractivity contribution in [3.63, 3.8) is 0 Å². The third-order valence-corrected chi connectivity index (χ3v) is 3.90. The Morgan fingerprint density at radius 1 is 1.00 bits per heavy atom. The van der Waals surface area contributed by atoms with E-state index in [9.17, 15) is 0 Å². The predicted octanol–water partition coefficient (Wildman–Crippen LogP) is 1.05. The number of anilines is 1. The minimum atomic E-state index is 0.783. The molecule has 1 aliphatic heterocycles. The molecular formula is C16H27N3O2. The van der Waals surface area contributed by atoms with Crippen molar-refractivity contribution in [2.45, 2.75) is 0 Å². The number of hydrogen-bond donors (Lipinski definition) is 1. The van der Waals surface area contributed by atoms with E-state index in [1.165, 1.54) is 5.69 Å². The molecular weight excluding hydrogens is 266 g/mol. The van der Waals surface area contributed by atoms with Gasteiger partial charge in [0.15, 0.2) is 0 Å². The molecule has 1 heterocycles. The van der Waals surface area contributed by atoms with Crippen LogP contribution in [0, 0.1) is 0 Å². The van der Waals surface area contributed by atoms with Gasteiger partial charge in [-0.15, -0.1) is 0 Å². The number of ether oxygens (including phenoxy) is 2. The van der Waals surface area contributed by atoms with Crippen LogP contribution in [0.3, 0.4) is 0 Å². The van der Waals surface area contributed by atoms with E-state index in [-0.39, 0.29) is 0 Å². The van der Waals surface area contributed by atoms with E-state index in [1.54, 1.807) is 14.2 Å². The Kier molecular flexibility index (Phi) is 6.79. The zero-order chi connectivity index (χ0) is 14.9. The van der Waals surface area contributed by atoms with Gasteiger partial charge in [0, 0.05) is 58.6 Å². The molecule has 0 aliphatic carbocycles. The van der Waals surface area contributed by atoms with E-state index in [4.69, 9.17) is 9.47 Å². The summed E-state index contributed by atoms with van der Waals surface area (Å²) in [5.41, 5.74) is 1.29. The number of benzene rings is 1. The number of piperazine rings is 1. The van der Waals surface area contributed by atoms with Crippen LogP contribution in [0.4, 0.5) is 5.69 Å². The largest absolute Gasteiger partial charge is 0.497 e. The van der Waals surface area contributed by atoms with Gasteiger partial charge in [-0.2, -0.15) is 0 Å². The first-order chi connectivity index (χ1) is 10.3. The molecule has 0 atom stereocenters. The molecule has 0 amide bonds. The highest BCUT2D eigenvalue weighted by Crippen LogP contribution is 2.20. The van der Waals surface area contributed by atoms with Crippen LogP contribution < -0.4 is 15.0 Å². The summed E-state index contributed by atoms with van der Waals surface area (Å²) in [7, 11) is 3.44. The van der Waals surface area contributed by atoms with Gasteiger partial charge in [0.2, 0.25) is 0 Å². The van der Waals surface area contributed by atoms with Crippen molar-refractivity contribution >= 4 is 5.69 Å². The van der Waals surface area contributed by atoms with Gasteiger partial charge in [0.1, 0.15) is 5.75 Å². The average molecular weight is 293 g/mol. The molecule has 1 fully saturated rings. The lowest BCUT2D eigenvalue weighted by Crippen LogP contribution is -2.48. The van der Waals surface area contributed by atoms with Crippen LogP contribution in [-0.4, -0.2) is 71.5 Å². The zero-order valence-electron chi connectivity index (χ0n) is 13.2. The van der Waals surface area contributed by atoms with Gasteiger partial charge in [-0.25, -0.2) is 0 Å². The molecule has 2 rings (SSSR count). The Hall–Kier alpha value is -1.30. The molecule has 0 saturated carbocycles. The van der Waals surface area contributed by atoms with Crippen LogP contribution in [-0.2, 0) is 4.74 Å². The Morgan fingerprint density at radius 2 is 1.71 bits per heavy atom. The Morgan fingerprint density at radius 3 is 2.33 bits per heavy atom. The first kappa shape index (κ1) is 16.1. The van der Waals surface area contributed by atoms with Crippen LogP contribution >= 0.6 is 0 Å². The molecule has 0 unspecified atom stereocenters. The molecule has 1 aromatic carbocycles. The van der Waals surface area contributed by atoms with Gasteiger partial charge in [0.25, 0.3) is 0 Å². The van der Waals surface area contributed by atoms with E-state index in [2.05, 4.69) is 27.2 Å². The lowest BCUT2D eigenvalue weighted by Gasteiger charge is -2.36. The quantitative estimate of drug-likeness (QED) is 0.725. The molecule has 0 aromatic heterocycles. The van der Waals surface area contributed by atoms with E-state index in [0.29, 0.717) is 0 Å². The van der Waals surface area contributed by atoms with Gasteiger partial charge >= 0.3 is 0 Å². The SMILES string of the molecule is COCCNCCN1CCN(c2ccc(OC)cc2)CC1. The highest BCUT2D eigenvalue weighted by molar-refractivity contribution is 5.49. The molecule has 5 nitrogen and oxygen atoms in total. The molecule has 5 heteroatoms. The van der Waals surface area contributed by atoms with Crippen molar-refractivity contribution in [2.75, 3.05) is 71.5 Å². The summed E-state index contributed by atoms with van der Waals surface area (Å²) >= 11 is 0. The highest BCUT2D eigenvalue weighted by atomic mass is 16.5. The summed E-state index contributed by atoms with van der Waals surface area (Å²) in [5.74, 6) is 0.916. The highest BCUT2D eigenvalue weighted by Gasteiger charge is 2.16. The van der Waals surface area contributed by atoms with E-state index < -0.39 is 0 Å². The summed E-state index contributed by atoms with van der Waals surface area (Å²) in [6.45, 7) is 8.28. The van der Waals surface area contributed by atoms with E-state index in [1.807, 2.05) is 12.1 Å². The molecule has 1 aliphatic rings. The van der Waals surface area contributed by atoms with Gasteiger partial charge in [0.05, 0.1) is 13.7 Å². The minimum Gasteiger partial charge on any atom is -0.497 e. The molecule has 118 valence electrons. The van der Waals surface area contributed by atoms with Crippen molar-refractivity contribution in [1.82, 2.24) is 10.2 Å². The third-order valence-electron chi connectivity index (χ3n) is 3.90. The molecule has 1 N–H and O–H groups in total. The monoisotopic (exact) mass is 293 g/mol. The second kappa shape index (κ2) is 8.87. The summed E-state index contributed by atoms with van der Waals surface area (Å²) in [6.07, 6.45) is 0. The summed E-state index contributed by atoms with van der Waals surface area (Å²) in [5, 5.41) is 3.39. The number of methoxy groups -OCH3 is 2. The van der Waals surface area contributed by atoms with Gasteiger partial charge in [-0.3, -0.25) is 4.90 Å². The fourth-order valence-corrected chi connectivity index (χ4v) is 2.56. The molecule has 0 spiro atoms. The smallest absolute Gasteiger partial charge is 0.119 e. The lowest BCUT2D eigenvalue weighted by molar-refractivity contribution is 0.195. The maximum absolute atomic E-state index is 5.20. The number of nitrogens with zero attached hydrogens (tertiary/aromatic N) is 2. The predicted molar refractivity (Wildman–Crippen MR) is 86.4 cm³/mol. The number of nitrogens with one attached hydrogen (secondary N) is 1. The average Bonchev–Trinajstić information content (AvgIpc) is 2.55. The van der Waals surface area contributed by atoms with Crippen molar-refractivity contribution < 1.29 is 9.47 Å². The normalized spacial score (nSPS) is 16.2. The van der Waals surface area contributed by atoms with Crippen LogP contribution in [0.2, 0.25) is 0 Å². The first-order valence-electron chi connectivity index (χ1n) is 7.64. The van der Waals surface area contributed by atoms with E-state index in [0.717, 1.165) is 58.2 Å². The Bertz CT molecular complexity index is 389. The van der Waals surface area contributed by atoms with Crippen molar-refractivity contribution in [3.05, 3.63) is 24.3 Å². The van der Waals surface area contributed by atoms with Gasteiger partial charge < -0.3 is 19.7 Å². The topological polar surface area (TPSA) is 37.0 Å². The Labute approximate surface area is 127 Å². The molecule has 1 saturated heterocycles. The summed E-state index contributed by atoms with van der Waals surface area (Å²) in [6, 6.07) is 8.34. The third kappa shape index (κ3) is 5.19. The maximum atomic E-state index is 5.20. The molecule has 1 aromatic rings. The summed E-state index contributed by atoms with van der Waals surface area (Å²) < 4.78 is 10.2. The van der Waals surface area contributed by atoms with Crippen molar-refractivity contribution in [2.24, 2.45) is 0 Å².